The molecule has 0 aliphatic heterocycles. The molecule has 0 fully saturated rings. The Bertz CT molecular complexity index is 3470. The highest BCUT2D eigenvalue weighted by Crippen LogP contribution is 2.46. The number of nitrogens with zero attached hydrogens (tertiary/aromatic N) is 2. The largest absolute Gasteiger partial charge is 0.315 e. The van der Waals surface area contributed by atoms with E-state index in [9.17, 15) is 0 Å². The molecule has 8 aliphatic carbocycles. The zero-order valence-electron chi connectivity index (χ0n) is 37.3. The van der Waals surface area contributed by atoms with Gasteiger partial charge in [-0.1, -0.05) is 170 Å². The van der Waals surface area contributed by atoms with Gasteiger partial charge in [-0.3, -0.25) is 0 Å². The first kappa shape index (κ1) is 38.1. The fraction of sp³-hybridized carbons (Fsp3) is 0.188. The Morgan fingerprint density at radius 3 is 1.26 bits per heavy atom. The summed E-state index contributed by atoms with van der Waals surface area (Å²) < 4.78 is 5.39. The minimum atomic E-state index is 0.248. The average Bonchev–Trinajstić information content (AvgIpc) is 3.89. The molecule has 2 aromatic heterocycles. The summed E-state index contributed by atoms with van der Waals surface area (Å²) >= 11 is 0. The Labute approximate surface area is 386 Å². The molecule has 4 atom stereocenters. The Morgan fingerprint density at radius 1 is 0.394 bits per heavy atom. The molecule has 6 aromatic rings. The van der Waals surface area contributed by atoms with Gasteiger partial charge in [-0.25, -0.2) is 0 Å². The summed E-state index contributed by atoms with van der Waals surface area (Å²) in [6, 6.07) is 33.2. The Balaban J connectivity index is 0.967. The van der Waals surface area contributed by atoms with Gasteiger partial charge in [0.05, 0.1) is 11.0 Å². The number of allylic oxidation sites excluding steroid dienone is 18. The van der Waals surface area contributed by atoms with Crippen LogP contribution in [0.25, 0.3) is 67.6 Å². The maximum Gasteiger partial charge on any atom is 0.0535 e. The standard InChI is InChI=1S/C64H52N2/c1-3-19-41(20-4-1)61-47-25-7-11-29-51(47)63(52-30-12-8-26-48(52)61)65-57-33-17-15-23-45(57)55-39-43(35-37-59(55)65)44-36-38-60-56(40-44)46-24-16-18-34-58(46)66(60)64-53-31-13-9-27-49(53)62(42-21-5-2-6-22-42)50-28-10-14-32-54(50)64/h1-3,5,7-16,19,21,23-32,35-40,47,49,51,53H,4,6,17-18,20,22,33-34H2. The van der Waals surface area contributed by atoms with E-state index in [1.165, 1.54) is 110 Å². The van der Waals surface area contributed by atoms with E-state index in [2.05, 4.69) is 203 Å². The number of benzene rings is 4. The molecule has 0 spiro atoms. The van der Waals surface area contributed by atoms with E-state index in [4.69, 9.17) is 0 Å². The summed E-state index contributed by atoms with van der Waals surface area (Å²) in [5.74, 6) is 1.09. The molecule has 8 aliphatic rings. The van der Waals surface area contributed by atoms with Crippen LogP contribution in [0, 0.1) is 23.7 Å². The van der Waals surface area contributed by atoms with Crippen molar-refractivity contribution in [3.05, 3.63) is 237 Å². The van der Waals surface area contributed by atoms with Crippen LogP contribution >= 0.6 is 0 Å². The second-order valence-corrected chi connectivity index (χ2v) is 19.4. The molecule has 4 unspecified atom stereocenters. The Hall–Kier alpha value is -7.16. The number of rotatable bonds is 5. The topological polar surface area (TPSA) is 9.86 Å². The maximum atomic E-state index is 2.69. The van der Waals surface area contributed by atoms with Crippen LogP contribution < -0.4 is 20.9 Å². The van der Waals surface area contributed by atoms with E-state index in [-0.39, 0.29) is 11.8 Å². The predicted octanol–water partition coefficient (Wildman–Crippen LogP) is 12.1. The first-order chi connectivity index (χ1) is 32.8. The number of aromatic nitrogens is 2. The van der Waals surface area contributed by atoms with E-state index < -0.39 is 0 Å². The molecule has 14 rings (SSSR count). The SMILES string of the molecule is C1=CCCC(C2=c3ccccc3=C(n3c4c(c5cc(-c6ccc7c(c6)c6c(n7C7=c8ccccc8=C(C8=CC=CCC8)C8C=CC=CC78)CCC=C6)ccc53)C=CCC4)C3C=CC=CC23)=C1. The molecular weight excluding hydrogens is 797 g/mol. The van der Waals surface area contributed by atoms with E-state index in [1.807, 2.05) is 0 Å². The number of hydrogen-bond donors (Lipinski definition) is 0. The molecule has 2 heterocycles. The third kappa shape index (κ3) is 5.67. The van der Waals surface area contributed by atoms with Gasteiger partial charge in [0.25, 0.3) is 0 Å². The van der Waals surface area contributed by atoms with Gasteiger partial charge < -0.3 is 9.13 Å². The zero-order valence-corrected chi connectivity index (χ0v) is 37.3. The van der Waals surface area contributed by atoms with Crippen LogP contribution in [-0.4, -0.2) is 9.13 Å². The van der Waals surface area contributed by atoms with Crippen LogP contribution in [-0.2, 0) is 12.8 Å². The lowest BCUT2D eigenvalue weighted by molar-refractivity contribution is 0.647. The molecule has 2 heteroatoms. The summed E-state index contributed by atoms with van der Waals surface area (Å²) in [7, 11) is 0. The Morgan fingerprint density at radius 2 is 0.818 bits per heavy atom. The van der Waals surface area contributed by atoms with Crippen LogP contribution in [0.15, 0.2) is 193 Å². The summed E-state index contributed by atoms with van der Waals surface area (Å²) in [6.07, 6.45) is 51.1. The van der Waals surface area contributed by atoms with E-state index in [0.29, 0.717) is 11.8 Å². The minimum Gasteiger partial charge on any atom is -0.315 e. The predicted molar refractivity (Wildman–Crippen MR) is 277 cm³/mol. The normalized spacial score (nSPS) is 23.2. The van der Waals surface area contributed by atoms with E-state index in [1.54, 1.807) is 0 Å². The van der Waals surface area contributed by atoms with Crippen molar-refractivity contribution in [3.63, 3.8) is 0 Å². The van der Waals surface area contributed by atoms with Crippen LogP contribution in [0.2, 0.25) is 0 Å². The fourth-order valence-electron chi connectivity index (χ4n) is 13.2. The summed E-state index contributed by atoms with van der Waals surface area (Å²) in [6.45, 7) is 0. The van der Waals surface area contributed by atoms with Gasteiger partial charge in [0, 0.05) is 78.8 Å². The van der Waals surface area contributed by atoms with Crippen molar-refractivity contribution >= 4 is 56.5 Å². The van der Waals surface area contributed by atoms with Gasteiger partial charge in [-0.2, -0.15) is 0 Å². The molecular formula is C64H52N2. The van der Waals surface area contributed by atoms with E-state index >= 15 is 0 Å². The van der Waals surface area contributed by atoms with Gasteiger partial charge >= 0.3 is 0 Å². The number of fused-ring (bicyclic) bond motifs is 10. The third-order valence-corrected chi connectivity index (χ3v) is 16.0. The molecule has 318 valence electrons. The lowest BCUT2D eigenvalue weighted by atomic mass is 9.72. The first-order valence-corrected chi connectivity index (χ1v) is 24.6. The smallest absolute Gasteiger partial charge is 0.0535 e. The quantitative estimate of drug-likeness (QED) is 0.164. The molecule has 0 amide bonds. The van der Waals surface area contributed by atoms with Crippen molar-refractivity contribution in [1.29, 1.82) is 0 Å². The third-order valence-electron chi connectivity index (χ3n) is 16.0. The maximum absolute atomic E-state index is 2.69. The van der Waals surface area contributed by atoms with Crippen molar-refractivity contribution in [2.75, 3.05) is 0 Å². The van der Waals surface area contributed by atoms with Crippen LogP contribution in [0.1, 0.15) is 61.0 Å². The minimum absolute atomic E-state index is 0.248. The van der Waals surface area contributed by atoms with Crippen molar-refractivity contribution in [3.8, 4) is 11.1 Å². The Kier molecular flexibility index (Phi) is 8.79. The molecule has 66 heavy (non-hydrogen) atoms. The zero-order chi connectivity index (χ0) is 43.3. The highest BCUT2D eigenvalue weighted by atomic mass is 15.0. The molecule has 2 nitrogen and oxygen atoms in total. The van der Waals surface area contributed by atoms with Crippen LogP contribution in [0.4, 0.5) is 0 Å². The molecule has 0 N–H and O–H groups in total. The van der Waals surface area contributed by atoms with Crippen LogP contribution in [0.5, 0.6) is 0 Å². The van der Waals surface area contributed by atoms with Crippen molar-refractivity contribution in [1.82, 2.24) is 9.13 Å². The summed E-state index contributed by atoms with van der Waals surface area (Å²) in [5.41, 5.74) is 19.6. The molecule has 4 aromatic carbocycles. The van der Waals surface area contributed by atoms with Gasteiger partial charge in [0.2, 0.25) is 0 Å². The van der Waals surface area contributed by atoms with Crippen molar-refractivity contribution < 1.29 is 0 Å². The van der Waals surface area contributed by atoms with Gasteiger partial charge in [-0.05, 0) is 119 Å². The molecule has 0 bridgehead atoms. The molecule has 0 saturated carbocycles. The second-order valence-electron chi connectivity index (χ2n) is 19.4. The first-order valence-electron chi connectivity index (χ1n) is 24.6. The van der Waals surface area contributed by atoms with E-state index in [0.717, 1.165) is 51.4 Å². The van der Waals surface area contributed by atoms with Crippen molar-refractivity contribution in [2.24, 2.45) is 23.7 Å². The van der Waals surface area contributed by atoms with Gasteiger partial charge in [-0.15, -0.1) is 0 Å². The molecule has 0 radical (unpaired) electrons. The summed E-state index contributed by atoms with van der Waals surface area (Å²) in [4.78, 5) is 0. The lowest BCUT2D eigenvalue weighted by Crippen LogP contribution is -2.42. The monoisotopic (exact) mass is 848 g/mol. The van der Waals surface area contributed by atoms with Crippen LogP contribution in [0.3, 0.4) is 0 Å². The number of hydrogen-bond acceptors (Lipinski definition) is 0. The lowest BCUT2D eigenvalue weighted by Gasteiger charge is -2.35. The molecule has 0 saturated heterocycles. The highest BCUT2D eigenvalue weighted by Gasteiger charge is 2.37. The fourth-order valence-corrected chi connectivity index (χ4v) is 13.2. The highest BCUT2D eigenvalue weighted by molar-refractivity contribution is 6.01. The average molecular weight is 849 g/mol. The van der Waals surface area contributed by atoms with Gasteiger partial charge in [0.15, 0.2) is 0 Å². The van der Waals surface area contributed by atoms with Gasteiger partial charge in [0.1, 0.15) is 0 Å². The van der Waals surface area contributed by atoms with Crippen molar-refractivity contribution in [2.45, 2.75) is 51.4 Å². The summed E-state index contributed by atoms with van der Waals surface area (Å²) in [5, 5.41) is 8.22. The second kappa shape index (κ2) is 15.2.